The van der Waals surface area contributed by atoms with Crippen molar-refractivity contribution in [2.75, 3.05) is 0 Å². The molecule has 0 saturated carbocycles. The predicted octanol–water partition coefficient (Wildman–Crippen LogP) is 3.39. The summed E-state index contributed by atoms with van der Waals surface area (Å²) in [5.74, 6) is -2.23. The third kappa shape index (κ3) is 1.44. The number of halogens is 2. The van der Waals surface area contributed by atoms with Gasteiger partial charge in [-0.2, -0.15) is 0 Å². The quantitative estimate of drug-likeness (QED) is 0.516. The van der Waals surface area contributed by atoms with Crippen molar-refractivity contribution in [3.05, 3.63) is 11.1 Å². The monoisotopic (exact) mass is 160 g/mol. The molecule has 1 rings (SSSR count). The van der Waals surface area contributed by atoms with E-state index in [2.05, 4.69) is 0 Å². The largest absolute Gasteiger partial charge is 0.269 e. The first-order valence-electron chi connectivity index (χ1n) is 4.03. The minimum absolute atomic E-state index is 0.0202. The van der Waals surface area contributed by atoms with Crippen LogP contribution >= 0.6 is 0 Å². The second kappa shape index (κ2) is 2.58. The Morgan fingerprint density at radius 2 is 1.91 bits per heavy atom. The Morgan fingerprint density at radius 3 is 2.09 bits per heavy atom. The van der Waals surface area contributed by atoms with Gasteiger partial charge in [0.25, 0.3) is 5.92 Å². The minimum Gasteiger partial charge on any atom is -0.202 e. The highest BCUT2D eigenvalue weighted by Gasteiger charge is 2.38. The Balaban J connectivity index is 2.90. The van der Waals surface area contributed by atoms with Crippen molar-refractivity contribution in [2.24, 2.45) is 5.92 Å². The van der Waals surface area contributed by atoms with Crippen LogP contribution in [0.3, 0.4) is 0 Å². The fourth-order valence-corrected chi connectivity index (χ4v) is 1.62. The molecular weight excluding hydrogens is 146 g/mol. The zero-order chi connectivity index (χ0) is 8.65. The maximum absolute atomic E-state index is 12.9. The van der Waals surface area contributed by atoms with Crippen molar-refractivity contribution in [1.82, 2.24) is 0 Å². The van der Waals surface area contributed by atoms with Gasteiger partial charge in [-0.1, -0.05) is 19.4 Å². The van der Waals surface area contributed by atoms with Crippen LogP contribution < -0.4 is 0 Å². The van der Waals surface area contributed by atoms with E-state index in [1.165, 1.54) is 0 Å². The molecule has 0 spiro atoms. The molecule has 0 heterocycles. The van der Waals surface area contributed by atoms with Crippen molar-refractivity contribution in [3.63, 3.8) is 0 Å². The van der Waals surface area contributed by atoms with Gasteiger partial charge >= 0.3 is 0 Å². The topological polar surface area (TPSA) is 0 Å². The summed E-state index contributed by atoms with van der Waals surface area (Å²) in [4.78, 5) is 0. The number of allylic oxidation sites excluding steroid dienone is 2. The van der Waals surface area contributed by atoms with Crippen LogP contribution in [-0.4, -0.2) is 5.92 Å². The van der Waals surface area contributed by atoms with Gasteiger partial charge in [0.1, 0.15) is 0 Å². The Morgan fingerprint density at radius 1 is 1.36 bits per heavy atom. The molecule has 2 heteroatoms. The molecule has 11 heavy (non-hydrogen) atoms. The van der Waals surface area contributed by atoms with Gasteiger partial charge in [0, 0.05) is 6.42 Å². The third-order valence-corrected chi connectivity index (χ3v) is 2.44. The maximum Gasteiger partial charge on any atom is 0.269 e. The first-order valence-corrected chi connectivity index (χ1v) is 4.03. The second-order valence-electron chi connectivity index (χ2n) is 3.51. The third-order valence-electron chi connectivity index (χ3n) is 2.44. The minimum atomic E-state index is -2.51. The van der Waals surface area contributed by atoms with Gasteiger partial charge in [-0.3, -0.25) is 0 Å². The molecule has 0 atom stereocenters. The molecule has 0 bridgehead atoms. The summed E-state index contributed by atoms with van der Waals surface area (Å²) in [6, 6.07) is 0. The lowest BCUT2D eigenvalue weighted by Crippen LogP contribution is -2.12. The SMILES string of the molecule is CC1=C(C(C)C)CCC1(F)F. The summed E-state index contributed by atoms with van der Waals surface area (Å²) in [6.07, 6.45) is 0.600. The van der Waals surface area contributed by atoms with E-state index in [1.54, 1.807) is 6.92 Å². The van der Waals surface area contributed by atoms with E-state index >= 15 is 0 Å². The molecule has 0 fully saturated rings. The summed E-state index contributed by atoms with van der Waals surface area (Å²) in [7, 11) is 0. The van der Waals surface area contributed by atoms with E-state index in [0.717, 1.165) is 5.57 Å². The first kappa shape index (κ1) is 8.69. The van der Waals surface area contributed by atoms with Crippen molar-refractivity contribution < 1.29 is 8.78 Å². The Labute approximate surface area is 66.3 Å². The molecule has 1 aliphatic carbocycles. The molecule has 0 aromatic carbocycles. The average molecular weight is 160 g/mol. The van der Waals surface area contributed by atoms with Crippen LogP contribution in [0, 0.1) is 5.92 Å². The van der Waals surface area contributed by atoms with Crippen molar-refractivity contribution in [3.8, 4) is 0 Å². The first-order chi connectivity index (χ1) is 4.95. The molecule has 1 aliphatic rings. The van der Waals surface area contributed by atoms with Crippen molar-refractivity contribution >= 4 is 0 Å². The molecular formula is C9H14F2. The van der Waals surface area contributed by atoms with E-state index in [1.807, 2.05) is 13.8 Å². The van der Waals surface area contributed by atoms with E-state index in [0.29, 0.717) is 12.0 Å². The summed E-state index contributed by atoms with van der Waals surface area (Å²) in [5, 5.41) is 0. The van der Waals surface area contributed by atoms with Crippen LogP contribution in [0.25, 0.3) is 0 Å². The normalized spacial score (nSPS) is 23.5. The van der Waals surface area contributed by atoms with Crippen LogP contribution in [0.15, 0.2) is 11.1 Å². The fourth-order valence-electron chi connectivity index (χ4n) is 1.62. The van der Waals surface area contributed by atoms with E-state index in [4.69, 9.17) is 0 Å². The van der Waals surface area contributed by atoms with Crippen LogP contribution in [0.2, 0.25) is 0 Å². The van der Waals surface area contributed by atoms with Gasteiger partial charge in [0.05, 0.1) is 0 Å². The Bertz CT molecular complexity index is 190. The summed E-state index contributed by atoms with van der Waals surface area (Å²) < 4.78 is 25.8. The molecule has 0 amide bonds. The number of alkyl halides is 2. The molecule has 0 aromatic rings. The van der Waals surface area contributed by atoms with E-state index in [-0.39, 0.29) is 12.3 Å². The van der Waals surface area contributed by atoms with Crippen LogP contribution in [0.4, 0.5) is 8.78 Å². The summed E-state index contributed by atoms with van der Waals surface area (Å²) >= 11 is 0. The zero-order valence-electron chi connectivity index (χ0n) is 7.25. The van der Waals surface area contributed by atoms with Crippen molar-refractivity contribution in [1.29, 1.82) is 0 Å². The molecule has 0 saturated heterocycles. The number of hydrogen-bond donors (Lipinski definition) is 0. The summed E-state index contributed by atoms with van der Waals surface area (Å²) in [6.45, 7) is 5.50. The lowest BCUT2D eigenvalue weighted by Gasteiger charge is -2.11. The van der Waals surface area contributed by atoms with Gasteiger partial charge in [0.15, 0.2) is 0 Å². The molecule has 0 aliphatic heterocycles. The van der Waals surface area contributed by atoms with Gasteiger partial charge in [-0.05, 0) is 24.8 Å². The van der Waals surface area contributed by atoms with E-state index in [9.17, 15) is 8.78 Å². The van der Waals surface area contributed by atoms with Gasteiger partial charge < -0.3 is 0 Å². The van der Waals surface area contributed by atoms with Gasteiger partial charge in [0.2, 0.25) is 0 Å². The molecule has 0 unspecified atom stereocenters. The number of rotatable bonds is 1. The average Bonchev–Trinajstić information content (AvgIpc) is 2.09. The Hall–Kier alpha value is -0.400. The van der Waals surface area contributed by atoms with E-state index < -0.39 is 5.92 Å². The molecule has 0 radical (unpaired) electrons. The van der Waals surface area contributed by atoms with Crippen LogP contribution in [-0.2, 0) is 0 Å². The van der Waals surface area contributed by atoms with Gasteiger partial charge in [-0.25, -0.2) is 8.78 Å². The molecule has 0 N–H and O–H groups in total. The van der Waals surface area contributed by atoms with Crippen molar-refractivity contribution in [2.45, 2.75) is 39.5 Å². The van der Waals surface area contributed by atoms with Crippen LogP contribution in [0.1, 0.15) is 33.6 Å². The fraction of sp³-hybridized carbons (Fsp3) is 0.778. The summed E-state index contributed by atoms with van der Waals surface area (Å²) in [5.41, 5.74) is 1.27. The zero-order valence-corrected chi connectivity index (χ0v) is 7.25. The smallest absolute Gasteiger partial charge is 0.202 e. The van der Waals surface area contributed by atoms with Crippen LogP contribution in [0.5, 0.6) is 0 Å². The van der Waals surface area contributed by atoms with Gasteiger partial charge in [-0.15, -0.1) is 0 Å². The highest BCUT2D eigenvalue weighted by Crippen LogP contribution is 2.42. The molecule has 64 valence electrons. The number of hydrogen-bond acceptors (Lipinski definition) is 0. The highest BCUT2D eigenvalue weighted by molar-refractivity contribution is 5.26. The molecule has 0 aromatic heterocycles. The predicted molar refractivity (Wildman–Crippen MR) is 41.7 cm³/mol. The maximum atomic E-state index is 12.9. The lowest BCUT2D eigenvalue weighted by molar-refractivity contribution is 0.0432. The second-order valence-corrected chi connectivity index (χ2v) is 3.51. The highest BCUT2D eigenvalue weighted by atomic mass is 19.3. The Kier molecular flexibility index (Phi) is 2.04. The lowest BCUT2D eigenvalue weighted by atomic mass is 10.00. The molecule has 0 nitrogen and oxygen atoms in total. The standard InChI is InChI=1S/C9H14F2/c1-6(2)8-4-5-9(10,11)7(8)3/h6H,4-5H2,1-3H3.